The fraction of sp³-hybridized carbons (Fsp3) is 1.00. The molecule has 2 aliphatic rings. The van der Waals surface area contributed by atoms with Crippen molar-refractivity contribution in [1.29, 1.82) is 0 Å². The van der Waals surface area contributed by atoms with E-state index in [1.54, 1.807) is 0 Å². The molecule has 0 spiro atoms. The van der Waals surface area contributed by atoms with Crippen molar-refractivity contribution in [2.24, 2.45) is 0 Å². The lowest BCUT2D eigenvalue weighted by atomic mass is 10.2. The van der Waals surface area contributed by atoms with Crippen LogP contribution >= 0.6 is 0 Å². The molecule has 1 N–H and O–H groups in total. The molecule has 4 nitrogen and oxygen atoms in total. The first-order valence-electron chi connectivity index (χ1n) is 5.95. The van der Waals surface area contributed by atoms with Gasteiger partial charge in [-0.1, -0.05) is 0 Å². The van der Waals surface area contributed by atoms with E-state index in [0.717, 1.165) is 52.4 Å². The second kappa shape index (κ2) is 6.43. The third-order valence-electron chi connectivity index (χ3n) is 2.94. The van der Waals surface area contributed by atoms with Gasteiger partial charge in [0.1, 0.15) is 0 Å². The van der Waals surface area contributed by atoms with Gasteiger partial charge in [-0.15, -0.1) is 0 Å². The molecule has 0 aromatic rings. The molecule has 0 bridgehead atoms. The van der Waals surface area contributed by atoms with Crippen molar-refractivity contribution in [2.45, 2.75) is 31.4 Å². The average molecular weight is 215 g/mol. The molecule has 0 aromatic heterocycles. The summed E-state index contributed by atoms with van der Waals surface area (Å²) in [6.45, 7) is 5.10. The van der Waals surface area contributed by atoms with Crippen molar-refractivity contribution in [3.05, 3.63) is 0 Å². The summed E-state index contributed by atoms with van der Waals surface area (Å²) in [5.41, 5.74) is 0. The van der Waals surface area contributed by atoms with E-state index in [0.29, 0.717) is 12.1 Å². The molecule has 4 heteroatoms. The zero-order valence-electron chi connectivity index (χ0n) is 9.24. The molecule has 2 aliphatic heterocycles. The first-order valence-corrected chi connectivity index (χ1v) is 5.95. The molecule has 2 atom stereocenters. The van der Waals surface area contributed by atoms with Gasteiger partial charge in [-0.2, -0.15) is 0 Å². The van der Waals surface area contributed by atoms with Crippen LogP contribution in [-0.2, 0) is 14.2 Å². The van der Waals surface area contributed by atoms with Crippen LogP contribution in [0.25, 0.3) is 0 Å². The normalized spacial score (nSPS) is 31.2. The quantitative estimate of drug-likeness (QED) is 0.657. The predicted octanol–water partition coefficient (Wildman–Crippen LogP) is 0.560. The highest BCUT2D eigenvalue weighted by Crippen LogP contribution is 2.11. The van der Waals surface area contributed by atoms with Gasteiger partial charge in [-0.3, -0.25) is 0 Å². The summed E-state index contributed by atoms with van der Waals surface area (Å²) < 4.78 is 16.3. The zero-order valence-corrected chi connectivity index (χ0v) is 9.24. The van der Waals surface area contributed by atoms with Crippen molar-refractivity contribution in [3.63, 3.8) is 0 Å². The van der Waals surface area contributed by atoms with Crippen LogP contribution in [0.4, 0.5) is 0 Å². The smallest absolute Gasteiger partial charge is 0.0809 e. The SMILES string of the molecule is C1COC(COCCNC2CCOC2)C1. The van der Waals surface area contributed by atoms with Gasteiger partial charge in [0.2, 0.25) is 0 Å². The molecule has 2 unspecified atom stereocenters. The second-order valence-electron chi connectivity index (χ2n) is 4.22. The molecule has 0 amide bonds. The highest BCUT2D eigenvalue weighted by molar-refractivity contribution is 4.70. The molecule has 2 heterocycles. The Morgan fingerprint density at radius 3 is 3.00 bits per heavy atom. The Morgan fingerprint density at radius 2 is 2.27 bits per heavy atom. The van der Waals surface area contributed by atoms with E-state index in [-0.39, 0.29) is 0 Å². The van der Waals surface area contributed by atoms with Crippen molar-refractivity contribution >= 4 is 0 Å². The van der Waals surface area contributed by atoms with Gasteiger partial charge in [0.05, 0.1) is 25.9 Å². The van der Waals surface area contributed by atoms with Crippen LogP contribution < -0.4 is 5.32 Å². The molecule has 15 heavy (non-hydrogen) atoms. The average Bonchev–Trinajstić information content (AvgIpc) is 2.88. The summed E-state index contributed by atoms with van der Waals surface area (Å²) in [4.78, 5) is 0. The largest absolute Gasteiger partial charge is 0.380 e. The molecule has 2 saturated heterocycles. The fourth-order valence-corrected chi connectivity index (χ4v) is 2.02. The van der Waals surface area contributed by atoms with Crippen molar-refractivity contribution < 1.29 is 14.2 Å². The molecule has 0 aromatic carbocycles. The van der Waals surface area contributed by atoms with Gasteiger partial charge < -0.3 is 19.5 Å². The van der Waals surface area contributed by atoms with E-state index in [1.807, 2.05) is 0 Å². The van der Waals surface area contributed by atoms with Gasteiger partial charge in [0.25, 0.3) is 0 Å². The number of nitrogens with one attached hydrogen (secondary N) is 1. The lowest BCUT2D eigenvalue weighted by molar-refractivity contribution is 0.0178. The predicted molar refractivity (Wildman–Crippen MR) is 57.0 cm³/mol. The second-order valence-corrected chi connectivity index (χ2v) is 4.22. The van der Waals surface area contributed by atoms with E-state index in [4.69, 9.17) is 14.2 Å². The molecule has 0 radical (unpaired) electrons. The summed E-state index contributed by atoms with van der Waals surface area (Å²) in [7, 11) is 0. The van der Waals surface area contributed by atoms with Crippen molar-refractivity contribution in [1.82, 2.24) is 5.32 Å². The summed E-state index contributed by atoms with van der Waals surface area (Å²) >= 11 is 0. The molecule has 0 aliphatic carbocycles. The van der Waals surface area contributed by atoms with Crippen LogP contribution in [0.2, 0.25) is 0 Å². The Balaban J connectivity index is 1.41. The van der Waals surface area contributed by atoms with Gasteiger partial charge in [0.15, 0.2) is 0 Å². The van der Waals surface area contributed by atoms with Gasteiger partial charge in [0, 0.05) is 25.8 Å². The highest BCUT2D eigenvalue weighted by Gasteiger charge is 2.16. The maximum Gasteiger partial charge on any atom is 0.0809 e. The van der Waals surface area contributed by atoms with E-state index < -0.39 is 0 Å². The summed E-state index contributed by atoms with van der Waals surface area (Å²) in [5, 5.41) is 3.42. The van der Waals surface area contributed by atoms with E-state index >= 15 is 0 Å². The van der Waals surface area contributed by atoms with Crippen LogP contribution in [0, 0.1) is 0 Å². The Hall–Kier alpha value is -0.160. The molecule has 88 valence electrons. The monoisotopic (exact) mass is 215 g/mol. The van der Waals surface area contributed by atoms with Gasteiger partial charge in [-0.05, 0) is 19.3 Å². The Bertz CT molecular complexity index is 147. The van der Waals surface area contributed by atoms with Crippen LogP contribution in [0.3, 0.4) is 0 Å². The Labute approximate surface area is 91.3 Å². The van der Waals surface area contributed by atoms with E-state index in [9.17, 15) is 0 Å². The topological polar surface area (TPSA) is 39.7 Å². The van der Waals surface area contributed by atoms with Gasteiger partial charge in [-0.25, -0.2) is 0 Å². The lowest BCUT2D eigenvalue weighted by Gasteiger charge is -2.12. The maximum atomic E-state index is 5.55. The minimum Gasteiger partial charge on any atom is -0.380 e. The minimum atomic E-state index is 0.347. The summed E-state index contributed by atoms with van der Waals surface area (Å²) in [6, 6.07) is 0.538. The van der Waals surface area contributed by atoms with Crippen LogP contribution in [0.1, 0.15) is 19.3 Å². The Kier molecular flexibility index (Phi) is 4.86. The number of rotatable bonds is 6. The number of hydrogen-bond donors (Lipinski definition) is 1. The van der Waals surface area contributed by atoms with Crippen LogP contribution in [0.15, 0.2) is 0 Å². The lowest BCUT2D eigenvalue weighted by Crippen LogP contribution is -2.32. The van der Waals surface area contributed by atoms with E-state index in [1.165, 1.54) is 6.42 Å². The fourth-order valence-electron chi connectivity index (χ4n) is 2.02. The molecular formula is C11H21NO3. The summed E-state index contributed by atoms with van der Waals surface area (Å²) in [6.07, 6.45) is 3.82. The standard InChI is InChI=1S/C11H21NO3/c1-2-11(15-5-1)9-14-7-4-12-10-3-6-13-8-10/h10-12H,1-9H2. The number of ether oxygens (including phenoxy) is 3. The maximum absolute atomic E-state index is 5.55. The van der Waals surface area contributed by atoms with Crippen LogP contribution in [0.5, 0.6) is 0 Å². The third kappa shape index (κ3) is 4.07. The van der Waals surface area contributed by atoms with Crippen LogP contribution in [-0.4, -0.2) is 51.7 Å². The zero-order chi connectivity index (χ0) is 10.3. The Morgan fingerprint density at radius 1 is 1.27 bits per heavy atom. The molecule has 2 fully saturated rings. The number of hydrogen-bond acceptors (Lipinski definition) is 4. The van der Waals surface area contributed by atoms with Gasteiger partial charge >= 0.3 is 0 Å². The highest BCUT2D eigenvalue weighted by atomic mass is 16.5. The molecule has 2 rings (SSSR count). The molecular weight excluding hydrogens is 194 g/mol. The van der Waals surface area contributed by atoms with Crippen molar-refractivity contribution in [3.8, 4) is 0 Å². The van der Waals surface area contributed by atoms with E-state index in [2.05, 4.69) is 5.32 Å². The summed E-state index contributed by atoms with van der Waals surface area (Å²) in [5.74, 6) is 0. The third-order valence-corrected chi connectivity index (χ3v) is 2.94. The minimum absolute atomic E-state index is 0.347. The first kappa shape index (κ1) is 11.3. The molecule has 0 saturated carbocycles. The first-order chi connectivity index (χ1) is 7.45. The van der Waals surface area contributed by atoms with Crippen molar-refractivity contribution in [2.75, 3.05) is 39.6 Å².